The average Bonchev–Trinajstić information content (AvgIpc) is 2.33. The van der Waals surface area contributed by atoms with Crippen molar-refractivity contribution in [2.24, 2.45) is 5.73 Å². The van der Waals surface area contributed by atoms with E-state index >= 15 is 0 Å². The number of carbonyl (C=O) groups excluding carboxylic acids is 1. The second-order valence-corrected chi connectivity index (χ2v) is 6.40. The molecule has 0 spiro atoms. The number of benzene rings is 1. The van der Waals surface area contributed by atoms with E-state index in [9.17, 15) is 23.3 Å². The van der Waals surface area contributed by atoms with E-state index in [0.29, 0.717) is 18.4 Å². The molecule has 1 amide bonds. The van der Waals surface area contributed by atoms with E-state index in [1.54, 1.807) is 0 Å². The molecular weight excluding hydrogens is 284 g/mol. The van der Waals surface area contributed by atoms with Crippen molar-refractivity contribution in [1.82, 2.24) is 0 Å². The van der Waals surface area contributed by atoms with Crippen molar-refractivity contribution >= 4 is 21.4 Å². The number of rotatable bonds is 6. The van der Waals surface area contributed by atoms with Crippen LogP contribution in [-0.4, -0.2) is 25.5 Å². The van der Waals surface area contributed by atoms with Crippen LogP contribution in [0.3, 0.4) is 0 Å². The van der Waals surface area contributed by atoms with Crippen LogP contribution in [-0.2, 0) is 16.3 Å². The van der Waals surface area contributed by atoms with Crippen molar-refractivity contribution in [1.29, 1.82) is 0 Å². The zero-order valence-corrected chi connectivity index (χ0v) is 12.1. The van der Waals surface area contributed by atoms with Crippen LogP contribution in [0.1, 0.15) is 35.7 Å². The van der Waals surface area contributed by atoms with Gasteiger partial charge in [0.05, 0.1) is 4.92 Å². The monoisotopic (exact) mass is 300 g/mol. The highest BCUT2D eigenvalue weighted by molar-refractivity contribution is 7.91. The SMILES string of the molecule is CCCCc1ccc(C(N)=O)c([N+](=O)[O-])c1S(C)(=O)=O. The summed E-state index contributed by atoms with van der Waals surface area (Å²) in [5.41, 5.74) is 4.29. The summed E-state index contributed by atoms with van der Waals surface area (Å²) in [5, 5.41) is 11.2. The lowest BCUT2D eigenvalue weighted by atomic mass is 10.0. The fraction of sp³-hybridized carbons (Fsp3) is 0.417. The number of carbonyl (C=O) groups is 1. The standard InChI is InChI=1S/C12H16N2O5S/c1-3-4-5-8-6-7-9(12(13)15)10(14(16)17)11(8)20(2,18)19/h6-7H,3-5H2,1-2H3,(H2,13,15). The first-order valence-corrected chi connectivity index (χ1v) is 7.89. The Bertz CT molecular complexity index is 652. The van der Waals surface area contributed by atoms with Crippen LogP contribution in [0.2, 0.25) is 0 Å². The Balaban J connectivity index is 3.71. The van der Waals surface area contributed by atoms with Crippen molar-refractivity contribution in [3.63, 3.8) is 0 Å². The van der Waals surface area contributed by atoms with Crippen LogP contribution in [0.15, 0.2) is 17.0 Å². The number of hydrogen-bond acceptors (Lipinski definition) is 5. The quantitative estimate of drug-likeness (QED) is 0.629. The van der Waals surface area contributed by atoms with Gasteiger partial charge in [0.2, 0.25) is 0 Å². The van der Waals surface area contributed by atoms with Crippen molar-refractivity contribution in [3.8, 4) is 0 Å². The van der Waals surface area contributed by atoms with Crippen molar-refractivity contribution in [2.45, 2.75) is 31.1 Å². The van der Waals surface area contributed by atoms with Gasteiger partial charge in [-0.25, -0.2) is 8.42 Å². The molecule has 2 N–H and O–H groups in total. The molecule has 0 aliphatic rings. The summed E-state index contributed by atoms with van der Waals surface area (Å²) in [5.74, 6) is -1.02. The highest BCUT2D eigenvalue weighted by Crippen LogP contribution is 2.32. The Kier molecular flexibility index (Phi) is 4.83. The molecule has 110 valence electrons. The minimum Gasteiger partial charge on any atom is -0.365 e. The maximum Gasteiger partial charge on any atom is 0.300 e. The van der Waals surface area contributed by atoms with Crippen LogP contribution in [0.5, 0.6) is 0 Å². The molecule has 0 aliphatic carbocycles. The van der Waals surface area contributed by atoms with Crippen LogP contribution in [0, 0.1) is 10.1 Å². The lowest BCUT2D eigenvalue weighted by molar-refractivity contribution is -0.388. The zero-order chi connectivity index (χ0) is 15.5. The Labute approximate surface area is 116 Å². The maximum absolute atomic E-state index is 11.9. The van der Waals surface area contributed by atoms with Crippen molar-refractivity contribution in [2.75, 3.05) is 6.26 Å². The minimum atomic E-state index is -3.85. The number of nitrogens with two attached hydrogens (primary N) is 1. The normalized spacial score (nSPS) is 11.3. The zero-order valence-electron chi connectivity index (χ0n) is 11.3. The molecule has 0 saturated carbocycles. The third-order valence-corrected chi connectivity index (χ3v) is 4.03. The number of primary amides is 1. The van der Waals surface area contributed by atoms with Crippen LogP contribution >= 0.6 is 0 Å². The number of nitro groups is 1. The fourth-order valence-corrected chi connectivity index (χ4v) is 3.15. The largest absolute Gasteiger partial charge is 0.365 e. The first kappa shape index (κ1) is 16.1. The smallest absolute Gasteiger partial charge is 0.300 e. The van der Waals surface area contributed by atoms with E-state index in [1.807, 2.05) is 6.92 Å². The number of nitro benzene ring substituents is 1. The third kappa shape index (κ3) is 3.32. The van der Waals surface area contributed by atoms with Gasteiger partial charge in [0.15, 0.2) is 9.84 Å². The molecule has 1 rings (SSSR count). The lowest BCUT2D eigenvalue weighted by Crippen LogP contribution is -2.17. The molecule has 7 nitrogen and oxygen atoms in total. The summed E-state index contributed by atoms with van der Waals surface area (Å²) in [6, 6.07) is 2.62. The molecular formula is C12H16N2O5S. The van der Waals surface area contributed by atoms with Crippen molar-refractivity contribution < 1.29 is 18.1 Å². The highest BCUT2D eigenvalue weighted by Gasteiger charge is 2.31. The molecule has 8 heteroatoms. The lowest BCUT2D eigenvalue weighted by Gasteiger charge is -2.10. The highest BCUT2D eigenvalue weighted by atomic mass is 32.2. The van der Waals surface area contributed by atoms with E-state index in [2.05, 4.69) is 0 Å². The number of amides is 1. The first-order valence-electron chi connectivity index (χ1n) is 6.00. The van der Waals surface area contributed by atoms with E-state index < -0.39 is 36.8 Å². The predicted molar refractivity (Wildman–Crippen MR) is 73.3 cm³/mol. The summed E-state index contributed by atoms with van der Waals surface area (Å²) in [6.07, 6.45) is 2.78. The maximum atomic E-state index is 11.9. The van der Waals surface area contributed by atoms with Gasteiger partial charge in [-0.15, -0.1) is 0 Å². The number of sulfone groups is 1. The predicted octanol–water partition coefficient (Wildman–Crippen LogP) is 1.44. The summed E-state index contributed by atoms with van der Waals surface area (Å²) < 4.78 is 23.7. The Morgan fingerprint density at radius 3 is 2.40 bits per heavy atom. The van der Waals surface area contributed by atoms with E-state index in [1.165, 1.54) is 12.1 Å². The van der Waals surface area contributed by atoms with Crippen LogP contribution in [0.25, 0.3) is 0 Å². The summed E-state index contributed by atoms with van der Waals surface area (Å²) >= 11 is 0. The molecule has 0 heterocycles. The number of aryl methyl sites for hydroxylation is 1. The van der Waals surface area contributed by atoms with Gasteiger partial charge in [0.1, 0.15) is 10.5 Å². The average molecular weight is 300 g/mol. The Morgan fingerprint density at radius 2 is 2.00 bits per heavy atom. The molecule has 0 saturated heterocycles. The van der Waals surface area contributed by atoms with Crippen LogP contribution < -0.4 is 5.73 Å². The molecule has 0 bridgehead atoms. The molecule has 0 atom stereocenters. The molecule has 0 aromatic heterocycles. The second kappa shape index (κ2) is 6.00. The molecule has 20 heavy (non-hydrogen) atoms. The molecule has 0 aliphatic heterocycles. The van der Waals surface area contributed by atoms with Gasteiger partial charge in [0, 0.05) is 6.26 Å². The van der Waals surface area contributed by atoms with E-state index in [-0.39, 0.29) is 0 Å². The molecule has 0 unspecified atom stereocenters. The Morgan fingerprint density at radius 1 is 1.40 bits per heavy atom. The van der Waals surface area contributed by atoms with Gasteiger partial charge in [-0.1, -0.05) is 19.4 Å². The minimum absolute atomic E-state index is 0.339. The topological polar surface area (TPSA) is 120 Å². The fourth-order valence-electron chi connectivity index (χ4n) is 1.97. The summed E-state index contributed by atoms with van der Waals surface area (Å²) in [7, 11) is -3.85. The molecule has 1 aromatic carbocycles. The third-order valence-electron chi connectivity index (χ3n) is 2.83. The van der Waals surface area contributed by atoms with Gasteiger partial charge >= 0.3 is 5.69 Å². The van der Waals surface area contributed by atoms with Gasteiger partial charge in [-0.2, -0.15) is 0 Å². The van der Waals surface area contributed by atoms with Gasteiger partial charge in [0.25, 0.3) is 5.91 Å². The Hall–Kier alpha value is -1.96. The van der Waals surface area contributed by atoms with E-state index in [0.717, 1.165) is 12.7 Å². The molecule has 0 radical (unpaired) electrons. The van der Waals surface area contributed by atoms with Crippen molar-refractivity contribution in [3.05, 3.63) is 33.4 Å². The van der Waals surface area contributed by atoms with E-state index in [4.69, 9.17) is 5.73 Å². The number of hydrogen-bond donors (Lipinski definition) is 1. The van der Waals surface area contributed by atoms with Crippen LogP contribution in [0.4, 0.5) is 5.69 Å². The second-order valence-electron chi connectivity index (χ2n) is 4.45. The molecule has 1 aromatic rings. The molecule has 0 fully saturated rings. The summed E-state index contributed by atoms with van der Waals surface area (Å²) in [6.45, 7) is 1.92. The number of unbranched alkanes of at least 4 members (excludes halogenated alkanes) is 1. The van der Waals surface area contributed by atoms with Gasteiger partial charge < -0.3 is 5.73 Å². The van der Waals surface area contributed by atoms with Gasteiger partial charge in [-0.05, 0) is 24.5 Å². The first-order chi connectivity index (χ1) is 9.20. The number of nitrogens with zero attached hydrogens (tertiary/aromatic N) is 1. The summed E-state index contributed by atoms with van der Waals surface area (Å²) in [4.78, 5) is 21.1. The van der Waals surface area contributed by atoms with Gasteiger partial charge in [-0.3, -0.25) is 14.9 Å².